The first-order valence-corrected chi connectivity index (χ1v) is 10.3. The molecule has 0 amide bonds. The molecule has 0 fully saturated rings. The van der Waals surface area contributed by atoms with Crippen molar-refractivity contribution in [2.24, 2.45) is 0 Å². The van der Waals surface area contributed by atoms with E-state index in [0.717, 1.165) is 56.0 Å². The predicted molar refractivity (Wildman–Crippen MR) is 129 cm³/mol. The van der Waals surface area contributed by atoms with Crippen LogP contribution in [0.3, 0.4) is 0 Å². The summed E-state index contributed by atoms with van der Waals surface area (Å²) in [4.78, 5) is 16.3. The van der Waals surface area contributed by atoms with Gasteiger partial charge in [-0.1, -0.05) is 30.3 Å². The molecule has 2 aliphatic heterocycles. The first kappa shape index (κ1) is 20.9. The predicted octanol–water partition coefficient (Wildman–Crippen LogP) is 6.19. The van der Waals surface area contributed by atoms with Crippen molar-refractivity contribution in [2.45, 2.75) is 0 Å². The molecule has 2 N–H and O–H groups in total. The number of rotatable bonds is 1. The Morgan fingerprint density at radius 1 is 0.636 bits per heavy atom. The van der Waals surface area contributed by atoms with Gasteiger partial charge in [0.25, 0.3) is 0 Å². The summed E-state index contributed by atoms with van der Waals surface area (Å²) in [5.74, 6) is 0. The molecule has 8 bridgehead atoms. The molecule has 6 heteroatoms. The van der Waals surface area contributed by atoms with Gasteiger partial charge in [-0.25, -0.2) is 9.97 Å². The number of benzene rings is 1. The van der Waals surface area contributed by atoms with Crippen molar-refractivity contribution in [3.05, 3.63) is 95.1 Å². The van der Waals surface area contributed by atoms with Gasteiger partial charge in [0, 0.05) is 43.2 Å². The van der Waals surface area contributed by atoms with Gasteiger partial charge >= 0.3 is 0 Å². The van der Waals surface area contributed by atoms with Crippen molar-refractivity contribution in [1.82, 2.24) is 19.9 Å². The standard InChI is InChI=1S/C27H17N5.Pt/c28-16-24-25-14-22-10-8-20(30-22)12-18-6-7-19(29-18)13-21-9-11-23(31-21)15-26(32-25)27(24)17-4-2-1-3-5-17;/h1-15,29,32H;. The summed E-state index contributed by atoms with van der Waals surface area (Å²) < 4.78 is 0. The van der Waals surface area contributed by atoms with Gasteiger partial charge in [0.15, 0.2) is 0 Å². The maximum Gasteiger partial charge on any atom is 0.102 e. The van der Waals surface area contributed by atoms with Gasteiger partial charge in [0.05, 0.1) is 33.9 Å². The summed E-state index contributed by atoms with van der Waals surface area (Å²) in [6, 6.07) is 24.3. The Hall–Kier alpha value is -4.00. The minimum atomic E-state index is 0. The van der Waals surface area contributed by atoms with Crippen LogP contribution in [0.25, 0.3) is 57.5 Å². The van der Waals surface area contributed by atoms with Gasteiger partial charge < -0.3 is 9.97 Å². The van der Waals surface area contributed by atoms with E-state index in [2.05, 4.69) is 16.0 Å². The van der Waals surface area contributed by atoms with Crippen molar-refractivity contribution < 1.29 is 21.1 Å². The molecule has 0 saturated heterocycles. The van der Waals surface area contributed by atoms with Crippen LogP contribution in [-0.2, 0) is 21.1 Å². The molecule has 5 nitrogen and oxygen atoms in total. The van der Waals surface area contributed by atoms with E-state index >= 15 is 0 Å². The van der Waals surface area contributed by atoms with Crippen molar-refractivity contribution in [2.75, 3.05) is 0 Å². The van der Waals surface area contributed by atoms with Crippen molar-refractivity contribution in [3.8, 4) is 17.2 Å². The number of nitrogens with zero attached hydrogens (tertiary/aromatic N) is 3. The van der Waals surface area contributed by atoms with Crippen LogP contribution in [0.4, 0.5) is 0 Å². The summed E-state index contributed by atoms with van der Waals surface area (Å²) in [6.45, 7) is 0. The number of hydrogen-bond donors (Lipinski definition) is 2. The molecule has 6 rings (SSSR count). The summed E-state index contributed by atoms with van der Waals surface area (Å²) >= 11 is 0. The van der Waals surface area contributed by atoms with Crippen LogP contribution >= 0.6 is 0 Å². The van der Waals surface area contributed by atoms with Gasteiger partial charge in [-0.2, -0.15) is 5.26 Å². The number of hydrogen-bond acceptors (Lipinski definition) is 3. The Morgan fingerprint density at radius 2 is 1.18 bits per heavy atom. The van der Waals surface area contributed by atoms with E-state index in [4.69, 9.17) is 9.97 Å². The van der Waals surface area contributed by atoms with Crippen LogP contribution in [0.5, 0.6) is 0 Å². The maximum atomic E-state index is 10.1. The van der Waals surface area contributed by atoms with E-state index in [1.807, 2.05) is 91.0 Å². The molecule has 4 aromatic rings. The number of aromatic nitrogens is 4. The number of nitriles is 1. The molecule has 33 heavy (non-hydrogen) atoms. The van der Waals surface area contributed by atoms with Gasteiger partial charge in [-0.05, 0) is 66.3 Å². The Kier molecular flexibility index (Phi) is 5.38. The first-order chi connectivity index (χ1) is 15.7. The number of nitrogens with one attached hydrogen (secondary N) is 2. The minimum absolute atomic E-state index is 0. The monoisotopic (exact) mass is 606 g/mol. The largest absolute Gasteiger partial charge is 0.355 e. The van der Waals surface area contributed by atoms with Crippen LogP contribution in [-0.4, -0.2) is 19.9 Å². The molecular weight excluding hydrogens is 589 g/mol. The molecular formula is C27H17N5Pt. The van der Waals surface area contributed by atoms with Gasteiger partial charge in [0.2, 0.25) is 0 Å². The van der Waals surface area contributed by atoms with E-state index in [9.17, 15) is 5.26 Å². The third kappa shape index (κ3) is 3.98. The summed E-state index contributed by atoms with van der Waals surface area (Å²) in [7, 11) is 0. The second kappa shape index (κ2) is 8.50. The zero-order chi connectivity index (χ0) is 21.5. The van der Waals surface area contributed by atoms with Crippen LogP contribution in [0.2, 0.25) is 0 Å². The average molecular weight is 607 g/mol. The zero-order valence-corrected chi connectivity index (χ0v) is 19.6. The second-order valence-corrected chi connectivity index (χ2v) is 7.72. The molecule has 0 unspecified atom stereocenters. The molecule has 0 radical (unpaired) electrons. The van der Waals surface area contributed by atoms with Crippen LogP contribution in [0.15, 0.2) is 66.7 Å². The minimum Gasteiger partial charge on any atom is -0.355 e. The molecule has 2 aliphatic rings. The Morgan fingerprint density at radius 3 is 1.76 bits per heavy atom. The van der Waals surface area contributed by atoms with Crippen LogP contribution in [0, 0.1) is 11.3 Å². The topological polar surface area (TPSA) is 81.2 Å². The maximum absolute atomic E-state index is 10.1. The molecule has 0 atom stereocenters. The van der Waals surface area contributed by atoms with Crippen LogP contribution in [0.1, 0.15) is 28.3 Å². The molecule has 1 aromatic carbocycles. The summed E-state index contributed by atoms with van der Waals surface area (Å²) in [6.07, 6.45) is 7.90. The quantitative estimate of drug-likeness (QED) is 0.234. The van der Waals surface area contributed by atoms with E-state index in [-0.39, 0.29) is 21.1 Å². The third-order valence-electron chi connectivity index (χ3n) is 5.52. The fraction of sp³-hybridized carbons (Fsp3) is 0. The van der Waals surface area contributed by atoms with E-state index in [1.165, 1.54) is 0 Å². The molecule has 160 valence electrons. The molecule has 0 saturated carbocycles. The first-order valence-electron chi connectivity index (χ1n) is 10.3. The summed E-state index contributed by atoms with van der Waals surface area (Å²) in [5, 5.41) is 10.1. The Bertz CT molecular complexity index is 1630. The normalized spacial score (nSPS) is 11.7. The van der Waals surface area contributed by atoms with Crippen molar-refractivity contribution >= 4 is 46.4 Å². The van der Waals surface area contributed by atoms with Crippen molar-refractivity contribution in [3.63, 3.8) is 0 Å². The molecule has 3 aromatic heterocycles. The summed E-state index contributed by atoms with van der Waals surface area (Å²) in [5.41, 5.74) is 9.29. The van der Waals surface area contributed by atoms with Crippen LogP contribution < -0.4 is 0 Å². The SMILES string of the molecule is N#Cc1c(-c2ccccc2)c2cc3nc(cc4ccc(cc5nc(cc1[nH]2)C=C5)[nH]4)C=C3.[Pt]. The number of H-pyrrole nitrogens is 2. The molecule has 0 aliphatic carbocycles. The number of aromatic amines is 2. The van der Waals surface area contributed by atoms with Gasteiger partial charge in [-0.3, -0.25) is 0 Å². The van der Waals surface area contributed by atoms with E-state index in [0.29, 0.717) is 5.56 Å². The van der Waals surface area contributed by atoms with Gasteiger partial charge in [-0.15, -0.1) is 0 Å². The average Bonchev–Trinajstić information content (AvgIpc) is 3.58. The van der Waals surface area contributed by atoms with Crippen molar-refractivity contribution in [1.29, 1.82) is 5.26 Å². The third-order valence-corrected chi connectivity index (χ3v) is 5.52. The molecule has 0 spiro atoms. The Labute approximate surface area is 204 Å². The second-order valence-electron chi connectivity index (χ2n) is 7.72. The number of fused-ring (bicyclic) bond motifs is 8. The molecule has 5 heterocycles. The van der Waals surface area contributed by atoms with Gasteiger partial charge in [0.1, 0.15) is 6.07 Å². The zero-order valence-electron chi connectivity index (χ0n) is 17.3. The Balaban J connectivity index is 0.00000228. The fourth-order valence-corrected chi connectivity index (χ4v) is 4.10. The fourth-order valence-electron chi connectivity index (χ4n) is 4.10. The smallest absolute Gasteiger partial charge is 0.102 e. The van der Waals surface area contributed by atoms with E-state index in [1.54, 1.807) is 0 Å². The van der Waals surface area contributed by atoms with E-state index < -0.39 is 0 Å².